The first-order valence-corrected chi connectivity index (χ1v) is 5.57. The Morgan fingerprint density at radius 2 is 1.50 bits per heavy atom. The molecule has 106 valence electrons. The van der Waals surface area contributed by atoms with Crippen molar-refractivity contribution in [3.05, 3.63) is 71.3 Å². The lowest BCUT2D eigenvalue weighted by molar-refractivity contribution is -0.249. The number of hydrogen-bond donors (Lipinski definition) is 1. The fourth-order valence-corrected chi connectivity index (χ4v) is 1.94. The van der Waals surface area contributed by atoms with E-state index in [0.717, 1.165) is 36.4 Å². The number of rotatable bonds is 2. The van der Waals surface area contributed by atoms with Crippen molar-refractivity contribution >= 4 is 0 Å². The predicted octanol–water partition coefficient (Wildman–Crippen LogP) is 3.76. The highest BCUT2D eigenvalue weighted by molar-refractivity contribution is 5.39. The van der Waals surface area contributed by atoms with E-state index in [9.17, 15) is 27.1 Å². The predicted molar refractivity (Wildman–Crippen MR) is 61.9 cm³/mol. The number of halogens is 5. The van der Waals surface area contributed by atoms with Gasteiger partial charge in [-0.2, -0.15) is 13.2 Å². The molecule has 6 heteroatoms. The molecule has 20 heavy (non-hydrogen) atoms. The Kier molecular flexibility index (Phi) is 3.52. The van der Waals surface area contributed by atoms with Gasteiger partial charge in [0.1, 0.15) is 11.6 Å². The van der Waals surface area contributed by atoms with E-state index in [1.54, 1.807) is 0 Å². The van der Waals surface area contributed by atoms with E-state index < -0.39 is 34.5 Å². The minimum absolute atomic E-state index is 0.528. The van der Waals surface area contributed by atoms with Crippen molar-refractivity contribution in [2.45, 2.75) is 11.8 Å². The summed E-state index contributed by atoms with van der Waals surface area (Å²) in [5, 5.41) is 10.1. The van der Waals surface area contributed by atoms with Crippen LogP contribution in [0.3, 0.4) is 0 Å². The summed E-state index contributed by atoms with van der Waals surface area (Å²) in [5.74, 6) is -2.18. The van der Waals surface area contributed by atoms with Gasteiger partial charge >= 0.3 is 6.18 Å². The SMILES string of the molecule is OC(c1cccc(F)c1)(c1ccccc1F)C(F)(F)F. The van der Waals surface area contributed by atoms with Gasteiger partial charge in [-0.3, -0.25) is 0 Å². The molecule has 2 aromatic rings. The van der Waals surface area contributed by atoms with Gasteiger partial charge in [0.2, 0.25) is 5.60 Å². The quantitative estimate of drug-likeness (QED) is 0.834. The van der Waals surface area contributed by atoms with Gasteiger partial charge in [-0.1, -0.05) is 30.3 Å². The Labute approximate surface area is 111 Å². The zero-order valence-corrected chi connectivity index (χ0v) is 9.96. The minimum atomic E-state index is -5.21. The molecule has 0 spiro atoms. The van der Waals surface area contributed by atoms with E-state index in [0.29, 0.717) is 6.07 Å². The molecule has 2 rings (SSSR count). The van der Waals surface area contributed by atoms with Crippen molar-refractivity contribution in [1.82, 2.24) is 0 Å². The molecule has 2 aromatic carbocycles. The molecule has 0 saturated carbocycles. The van der Waals surface area contributed by atoms with E-state index in [4.69, 9.17) is 0 Å². The van der Waals surface area contributed by atoms with Crippen molar-refractivity contribution < 1.29 is 27.1 Å². The Balaban J connectivity index is 2.74. The first kappa shape index (κ1) is 14.5. The third-order valence-corrected chi connectivity index (χ3v) is 2.92. The summed E-state index contributed by atoms with van der Waals surface area (Å²) < 4.78 is 66.5. The van der Waals surface area contributed by atoms with Crippen LogP contribution in [0, 0.1) is 11.6 Å². The smallest absolute Gasteiger partial charge is 0.372 e. The van der Waals surface area contributed by atoms with Crippen molar-refractivity contribution in [1.29, 1.82) is 0 Å². The van der Waals surface area contributed by atoms with Crippen molar-refractivity contribution in [2.24, 2.45) is 0 Å². The zero-order chi connectivity index (χ0) is 15.0. The highest BCUT2D eigenvalue weighted by atomic mass is 19.4. The van der Waals surface area contributed by atoms with Crippen LogP contribution in [0.5, 0.6) is 0 Å². The van der Waals surface area contributed by atoms with Crippen LogP contribution in [0.4, 0.5) is 22.0 Å². The van der Waals surface area contributed by atoms with E-state index in [1.807, 2.05) is 0 Å². The maximum absolute atomic E-state index is 13.6. The fraction of sp³-hybridized carbons (Fsp3) is 0.143. The third kappa shape index (κ3) is 2.27. The average molecular weight is 288 g/mol. The summed E-state index contributed by atoms with van der Waals surface area (Å²) in [6.07, 6.45) is -5.21. The van der Waals surface area contributed by atoms with Crippen molar-refractivity contribution in [3.63, 3.8) is 0 Å². The van der Waals surface area contributed by atoms with Crippen LogP contribution in [0.1, 0.15) is 11.1 Å². The van der Waals surface area contributed by atoms with Crippen LogP contribution in [0.25, 0.3) is 0 Å². The molecule has 0 bridgehead atoms. The summed E-state index contributed by atoms with van der Waals surface area (Å²) in [6, 6.07) is 7.33. The number of alkyl halides is 3. The second kappa shape index (κ2) is 4.86. The largest absolute Gasteiger partial charge is 0.425 e. The minimum Gasteiger partial charge on any atom is -0.372 e. The van der Waals surface area contributed by atoms with Gasteiger partial charge in [-0.05, 0) is 18.2 Å². The molecule has 0 amide bonds. The Morgan fingerprint density at radius 1 is 0.850 bits per heavy atom. The van der Waals surface area contributed by atoms with Gasteiger partial charge in [0, 0.05) is 11.1 Å². The number of aliphatic hydroxyl groups is 1. The summed E-state index contributed by atoms with van der Waals surface area (Å²) in [6.45, 7) is 0. The van der Waals surface area contributed by atoms with Gasteiger partial charge < -0.3 is 5.11 Å². The molecule has 1 atom stereocenters. The Morgan fingerprint density at radius 3 is 2.05 bits per heavy atom. The standard InChI is InChI=1S/C14H9F5O/c15-10-5-3-4-9(8-10)13(20,14(17,18)19)11-6-1-2-7-12(11)16/h1-8,20H. The molecule has 0 heterocycles. The molecular formula is C14H9F5O. The van der Waals surface area contributed by atoms with E-state index in [1.165, 1.54) is 6.07 Å². The van der Waals surface area contributed by atoms with Crippen LogP contribution in [-0.4, -0.2) is 11.3 Å². The Bertz CT molecular complexity index is 623. The Hall–Kier alpha value is -1.95. The number of benzene rings is 2. The molecular weight excluding hydrogens is 279 g/mol. The molecule has 0 aromatic heterocycles. The van der Waals surface area contributed by atoms with Gasteiger partial charge in [0.25, 0.3) is 0 Å². The van der Waals surface area contributed by atoms with E-state index in [2.05, 4.69) is 0 Å². The maximum atomic E-state index is 13.6. The second-order valence-electron chi connectivity index (χ2n) is 4.20. The topological polar surface area (TPSA) is 20.2 Å². The van der Waals surface area contributed by atoms with Gasteiger partial charge in [-0.15, -0.1) is 0 Å². The lowest BCUT2D eigenvalue weighted by Crippen LogP contribution is -2.44. The summed E-state index contributed by atoms with van der Waals surface area (Å²) >= 11 is 0. The van der Waals surface area contributed by atoms with Crippen LogP contribution in [0.2, 0.25) is 0 Å². The molecule has 0 radical (unpaired) electrons. The second-order valence-corrected chi connectivity index (χ2v) is 4.20. The van der Waals surface area contributed by atoms with Gasteiger partial charge in [-0.25, -0.2) is 8.78 Å². The zero-order valence-electron chi connectivity index (χ0n) is 9.96. The molecule has 0 aliphatic carbocycles. The molecule has 0 aliphatic rings. The van der Waals surface area contributed by atoms with Crippen LogP contribution >= 0.6 is 0 Å². The molecule has 0 aliphatic heterocycles. The average Bonchev–Trinajstić information content (AvgIpc) is 2.37. The molecule has 1 N–H and O–H groups in total. The monoisotopic (exact) mass is 288 g/mol. The van der Waals surface area contributed by atoms with Crippen molar-refractivity contribution in [2.75, 3.05) is 0 Å². The first-order valence-electron chi connectivity index (χ1n) is 5.57. The lowest BCUT2D eigenvalue weighted by Gasteiger charge is -2.31. The van der Waals surface area contributed by atoms with Crippen LogP contribution in [0.15, 0.2) is 48.5 Å². The fourth-order valence-electron chi connectivity index (χ4n) is 1.94. The highest BCUT2D eigenvalue weighted by Crippen LogP contribution is 2.45. The van der Waals surface area contributed by atoms with E-state index >= 15 is 0 Å². The lowest BCUT2D eigenvalue weighted by atomic mass is 9.85. The molecule has 1 nitrogen and oxygen atoms in total. The van der Waals surface area contributed by atoms with Crippen molar-refractivity contribution in [3.8, 4) is 0 Å². The molecule has 1 unspecified atom stereocenters. The van der Waals surface area contributed by atoms with Crippen LogP contribution < -0.4 is 0 Å². The first-order chi connectivity index (χ1) is 9.26. The third-order valence-electron chi connectivity index (χ3n) is 2.92. The summed E-state index contributed by atoms with van der Waals surface area (Å²) in [5.41, 5.74) is -5.37. The van der Waals surface area contributed by atoms with Crippen LogP contribution in [-0.2, 0) is 5.60 Å². The maximum Gasteiger partial charge on any atom is 0.425 e. The van der Waals surface area contributed by atoms with Gasteiger partial charge in [0.15, 0.2) is 0 Å². The summed E-state index contributed by atoms with van der Waals surface area (Å²) in [7, 11) is 0. The van der Waals surface area contributed by atoms with Gasteiger partial charge in [0.05, 0.1) is 0 Å². The summed E-state index contributed by atoms with van der Waals surface area (Å²) in [4.78, 5) is 0. The highest BCUT2D eigenvalue weighted by Gasteiger charge is 2.57. The normalized spacial score (nSPS) is 14.9. The van der Waals surface area contributed by atoms with E-state index in [-0.39, 0.29) is 0 Å². The molecule has 0 saturated heterocycles. The molecule has 0 fully saturated rings. The number of hydrogen-bond acceptors (Lipinski definition) is 1.